The summed E-state index contributed by atoms with van der Waals surface area (Å²) in [6.07, 6.45) is 2.47. The molecule has 0 nitrogen and oxygen atoms in total. The van der Waals surface area contributed by atoms with Crippen LogP contribution in [-0.4, -0.2) is 5.13 Å². The fraction of sp³-hybridized carbons (Fsp3) is 1.00. The topological polar surface area (TPSA) is 0 Å². The molecule has 0 saturated heterocycles. The van der Waals surface area contributed by atoms with Crippen LogP contribution in [0.2, 0.25) is 0 Å². The van der Waals surface area contributed by atoms with Gasteiger partial charge in [0.05, 0.1) is 0 Å². The highest BCUT2D eigenvalue weighted by atomic mass is 35.5. The van der Waals surface area contributed by atoms with Crippen LogP contribution in [0, 0.1) is 5.41 Å². The molecule has 2 unspecified atom stereocenters. The molecule has 0 spiro atoms. The molecule has 0 N–H and O–H groups in total. The van der Waals surface area contributed by atoms with E-state index in [1.54, 1.807) is 0 Å². The summed E-state index contributed by atoms with van der Waals surface area (Å²) >= 11 is 5.46. The van der Waals surface area contributed by atoms with Crippen LogP contribution >= 0.6 is 11.6 Å². The van der Waals surface area contributed by atoms with E-state index in [0.29, 0.717) is 6.42 Å². The van der Waals surface area contributed by atoms with Gasteiger partial charge in [-0.2, -0.15) is 0 Å². The molecule has 1 aliphatic carbocycles. The zero-order chi connectivity index (χ0) is 7.12. The first-order valence-corrected chi connectivity index (χ1v) is 3.77. The zero-order valence-electron chi connectivity index (χ0n) is 5.88. The van der Waals surface area contributed by atoms with Gasteiger partial charge in [0.15, 0.2) is 5.13 Å². The molecule has 2 atom stereocenters. The lowest BCUT2D eigenvalue weighted by molar-refractivity contribution is 0.319. The maximum Gasteiger partial charge on any atom is 0.189 e. The van der Waals surface area contributed by atoms with Gasteiger partial charge in [0.1, 0.15) is 0 Å². The zero-order valence-corrected chi connectivity index (χ0v) is 6.63. The lowest BCUT2D eigenvalue weighted by Gasteiger charge is -2.06. The first-order chi connectivity index (χ1) is 4.02. The van der Waals surface area contributed by atoms with Gasteiger partial charge >= 0.3 is 0 Å². The Labute approximate surface area is 60.4 Å². The van der Waals surface area contributed by atoms with Crippen molar-refractivity contribution >= 4 is 11.6 Å². The summed E-state index contributed by atoms with van der Waals surface area (Å²) < 4.78 is 12.8. The first-order valence-electron chi connectivity index (χ1n) is 3.40. The average Bonchev–Trinajstić information content (AvgIpc) is 2.07. The van der Waals surface area contributed by atoms with E-state index in [9.17, 15) is 4.39 Å². The molecule has 1 aliphatic rings. The van der Waals surface area contributed by atoms with Crippen molar-refractivity contribution in [1.29, 1.82) is 0 Å². The monoisotopic (exact) mass is 150 g/mol. The van der Waals surface area contributed by atoms with E-state index in [0.717, 1.165) is 12.8 Å². The van der Waals surface area contributed by atoms with Crippen molar-refractivity contribution in [3.05, 3.63) is 0 Å². The molecule has 54 valence electrons. The molecular formula is C7H12ClF. The number of halogens is 2. The highest BCUT2D eigenvalue weighted by Crippen LogP contribution is 2.64. The Balaban J connectivity index is 2.42. The van der Waals surface area contributed by atoms with E-state index in [2.05, 4.69) is 6.92 Å². The summed E-state index contributed by atoms with van der Waals surface area (Å²) in [6.45, 7) is 3.96. The van der Waals surface area contributed by atoms with E-state index in [1.165, 1.54) is 0 Å². The maximum absolute atomic E-state index is 12.8. The Morgan fingerprint density at radius 3 is 2.22 bits per heavy atom. The molecule has 0 aliphatic heterocycles. The SMILES string of the molecule is CCCC1(C)CC1(F)Cl. The van der Waals surface area contributed by atoms with Gasteiger partial charge in [-0.25, -0.2) is 4.39 Å². The van der Waals surface area contributed by atoms with Gasteiger partial charge in [-0.15, -0.1) is 0 Å². The van der Waals surface area contributed by atoms with Gasteiger partial charge in [0, 0.05) is 11.8 Å². The van der Waals surface area contributed by atoms with Crippen molar-refractivity contribution in [2.45, 2.75) is 38.2 Å². The van der Waals surface area contributed by atoms with Crippen LogP contribution in [0.1, 0.15) is 33.1 Å². The van der Waals surface area contributed by atoms with Crippen molar-refractivity contribution < 1.29 is 4.39 Å². The van der Waals surface area contributed by atoms with Crippen LogP contribution in [0.15, 0.2) is 0 Å². The molecule has 2 heteroatoms. The largest absolute Gasteiger partial charge is 0.226 e. The van der Waals surface area contributed by atoms with Crippen molar-refractivity contribution in [2.24, 2.45) is 5.41 Å². The summed E-state index contributed by atoms with van der Waals surface area (Å²) in [5.74, 6) is 0. The normalized spacial score (nSPS) is 49.3. The lowest BCUT2D eigenvalue weighted by Crippen LogP contribution is -2.03. The Morgan fingerprint density at radius 2 is 2.11 bits per heavy atom. The molecular weight excluding hydrogens is 139 g/mol. The minimum Gasteiger partial charge on any atom is -0.226 e. The minimum absolute atomic E-state index is 0.205. The van der Waals surface area contributed by atoms with Gasteiger partial charge in [-0.3, -0.25) is 0 Å². The van der Waals surface area contributed by atoms with E-state index in [-0.39, 0.29) is 5.41 Å². The van der Waals surface area contributed by atoms with Gasteiger partial charge in [-0.05, 0) is 6.42 Å². The third-order valence-corrected chi connectivity index (χ3v) is 2.76. The molecule has 0 radical (unpaired) electrons. The molecule has 0 aromatic carbocycles. The van der Waals surface area contributed by atoms with Gasteiger partial charge in [-0.1, -0.05) is 31.9 Å². The van der Waals surface area contributed by atoms with Crippen LogP contribution in [0.3, 0.4) is 0 Å². The third-order valence-electron chi connectivity index (χ3n) is 2.17. The van der Waals surface area contributed by atoms with Crippen molar-refractivity contribution in [3.8, 4) is 0 Å². The molecule has 0 aromatic heterocycles. The maximum atomic E-state index is 12.8. The van der Waals surface area contributed by atoms with E-state index >= 15 is 0 Å². The molecule has 0 aromatic rings. The second-order valence-corrected chi connectivity index (χ2v) is 3.79. The van der Waals surface area contributed by atoms with E-state index in [1.807, 2.05) is 6.92 Å². The minimum atomic E-state index is -1.37. The number of rotatable bonds is 2. The van der Waals surface area contributed by atoms with E-state index in [4.69, 9.17) is 11.6 Å². The van der Waals surface area contributed by atoms with Gasteiger partial charge in [0.25, 0.3) is 0 Å². The highest BCUT2D eigenvalue weighted by molar-refractivity contribution is 6.25. The molecule has 0 bridgehead atoms. The summed E-state index contributed by atoms with van der Waals surface area (Å²) in [5.41, 5.74) is -0.205. The molecule has 1 fully saturated rings. The van der Waals surface area contributed by atoms with Crippen molar-refractivity contribution in [2.75, 3.05) is 0 Å². The summed E-state index contributed by atoms with van der Waals surface area (Å²) in [7, 11) is 0. The summed E-state index contributed by atoms with van der Waals surface area (Å²) in [4.78, 5) is 0. The molecule has 1 rings (SSSR count). The van der Waals surface area contributed by atoms with Crippen LogP contribution in [0.5, 0.6) is 0 Å². The van der Waals surface area contributed by atoms with Crippen LogP contribution in [0.25, 0.3) is 0 Å². The van der Waals surface area contributed by atoms with Gasteiger partial charge < -0.3 is 0 Å². The Kier molecular flexibility index (Phi) is 1.51. The van der Waals surface area contributed by atoms with Crippen LogP contribution in [-0.2, 0) is 0 Å². The summed E-state index contributed by atoms with van der Waals surface area (Å²) in [5, 5.41) is -1.37. The second-order valence-electron chi connectivity index (χ2n) is 3.19. The molecule has 0 heterocycles. The standard InChI is InChI=1S/C7H12ClF/c1-3-4-6(2)5-7(6,8)9/h3-5H2,1-2H3. The predicted molar refractivity (Wildman–Crippen MR) is 37.3 cm³/mol. The average molecular weight is 151 g/mol. The molecule has 9 heavy (non-hydrogen) atoms. The van der Waals surface area contributed by atoms with Crippen molar-refractivity contribution in [3.63, 3.8) is 0 Å². The Hall–Kier alpha value is 0.220. The van der Waals surface area contributed by atoms with Gasteiger partial charge in [0.2, 0.25) is 0 Å². The highest BCUT2D eigenvalue weighted by Gasteiger charge is 2.64. The Bertz CT molecular complexity index is 122. The summed E-state index contributed by atoms with van der Waals surface area (Å²) in [6, 6.07) is 0. The fourth-order valence-electron chi connectivity index (χ4n) is 1.27. The predicted octanol–water partition coefficient (Wildman–Crippen LogP) is 3.10. The lowest BCUT2D eigenvalue weighted by atomic mass is 10.0. The Morgan fingerprint density at radius 1 is 1.67 bits per heavy atom. The molecule has 0 amide bonds. The smallest absolute Gasteiger partial charge is 0.189 e. The molecule has 1 saturated carbocycles. The van der Waals surface area contributed by atoms with Crippen molar-refractivity contribution in [1.82, 2.24) is 0 Å². The quantitative estimate of drug-likeness (QED) is 0.531. The third kappa shape index (κ3) is 1.07. The number of hydrogen-bond donors (Lipinski definition) is 0. The fourth-order valence-corrected chi connectivity index (χ4v) is 1.66. The van der Waals surface area contributed by atoms with E-state index < -0.39 is 5.13 Å². The number of alkyl halides is 2. The second kappa shape index (κ2) is 1.85. The van der Waals surface area contributed by atoms with Crippen LogP contribution < -0.4 is 0 Å². The van der Waals surface area contributed by atoms with Crippen LogP contribution in [0.4, 0.5) is 4.39 Å². The first kappa shape index (κ1) is 7.33. The number of hydrogen-bond acceptors (Lipinski definition) is 0.